The normalized spacial score (nSPS) is 15.9. The highest BCUT2D eigenvalue weighted by Crippen LogP contribution is 2.18. The van der Waals surface area contributed by atoms with Crippen LogP contribution in [0.1, 0.15) is 30.9 Å². The molecule has 5 heteroatoms. The van der Waals surface area contributed by atoms with E-state index >= 15 is 0 Å². The maximum atomic E-state index is 5.14. The van der Waals surface area contributed by atoms with Crippen LogP contribution in [0.5, 0.6) is 0 Å². The monoisotopic (exact) mass is 288 g/mol. The molecule has 0 N–H and O–H groups in total. The van der Waals surface area contributed by atoms with Gasteiger partial charge in [-0.05, 0) is 27.0 Å². The number of furan rings is 1. The average Bonchev–Trinajstić information content (AvgIpc) is 3.09. The fourth-order valence-corrected chi connectivity index (χ4v) is 2.71. The van der Waals surface area contributed by atoms with Gasteiger partial charge in [-0.1, -0.05) is 0 Å². The van der Waals surface area contributed by atoms with Crippen molar-refractivity contribution in [2.75, 3.05) is 13.6 Å². The second kappa shape index (κ2) is 6.03. The van der Waals surface area contributed by atoms with Gasteiger partial charge in [0.05, 0.1) is 24.8 Å². The van der Waals surface area contributed by atoms with E-state index in [0.29, 0.717) is 6.04 Å². The first-order chi connectivity index (χ1) is 10.1. The van der Waals surface area contributed by atoms with Crippen molar-refractivity contribution in [2.24, 2.45) is 0 Å². The molecule has 1 aliphatic rings. The minimum Gasteiger partial charge on any atom is -0.472 e. The largest absolute Gasteiger partial charge is 0.472 e. The Morgan fingerprint density at radius 2 is 2.24 bits per heavy atom. The van der Waals surface area contributed by atoms with Gasteiger partial charge in [0.15, 0.2) is 0 Å². The topological polar surface area (TPSA) is 37.4 Å². The van der Waals surface area contributed by atoms with Crippen molar-refractivity contribution in [3.05, 3.63) is 41.9 Å². The summed E-state index contributed by atoms with van der Waals surface area (Å²) < 4.78 is 7.52. The van der Waals surface area contributed by atoms with Crippen LogP contribution in [0, 0.1) is 0 Å². The fraction of sp³-hybridized carbons (Fsp3) is 0.562. The van der Waals surface area contributed by atoms with Gasteiger partial charge in [0, 0.05) is 44.0 Å². The summed E-state index contributed by atoms with van der Waals surface area (Å²) in [6, 6.07) is 2.58. The zero-order chi connectivity index (χ0) is 14.8. The summed E-state index contributed by atoms with van der Waals surface area (Å²) in [4.78, 5) is 9.39. The van der Waals surface area contributed by atoms with Gasteiger partial charge in [-0.3, -0.25) is 9.80 Å². The van der Waals surface area contributed by atoms with Crippen LogP contribution in [0.25, 0.3) is 0 Å². The van der Waals surface area contributed by atoms with E-state index in [0.717, 1.165) is 32.7 Å². The first kappa shape index (κ1) is 14.4. The molecule has 0 saturated carbocycles. The molecule has 3 rings (SSSR count). The molecule has 0 fully saturated rings. The van der Waals surface area contributed by atoms with E-state index in [1.54, 1.807) is 6.26 Å². The van der Waals surface area contributed by atoms with Crippen molar-refractivity contribution in [1.82, 2.24) is 19.4 Å². The second-order valence-corrected chi connectivity index (χ2v) is 6.17. The van der Waals surface area contributed by atoms with Crippen LogP contribution >= 0.6 is 0 Å². The summed E-state index contributed by atoms with van der Waals surface area (Å²) in [6.07, 6.45) is 5.60. The third-order valence-corrected chi connectivity index (χ3v) is 4.30. The van der Waals surface area contributed by atoms with E-state index in [1.807, 2.05) is 18.5 Å². The van der Waals surface area contributed by atoms with Crippen LogP contribution in [-0.4, -0.2) is 39.0 Å². The summed E-state index contributed by atoms with van der Waals surface area (Å²) >= 11 is 0. The Hall–Kier alpha value is -1.59. The van der Waals surface area contributed by atoms with E-state index in [1.165, 1.54) is 17.1 Å². The summed E-state index contributed by atoms with van der Waals surface area (Å²) in [6.45, 7) is 9.34. The molecule has 21 heavy (non-hydrogen) atoms. The molecule has 1 aliphatic heterocycles. The Kier molecular flexibility index (Phi) is 4.12. The zero-order valence-electron chi connectivity index (χ0n) is 13.1. The molecule has 0 unspecified atom stereocenters. The minimum atomic E-state index is 0.553. The number of aromatic nitrogens is 2. The van der Waals surface area contributed by atoms with Crippen LogP contribution in [0.15, 0.2) is 29.2 Å². The van der Waals surface area contributed by atoms with Gasteiger partial charge in [0.2, 0.25) is 0 Å². The van der Waals surface area contributed by atoms with Crippen LogP contribution in [0.3, 0.4) is 0 Å². The predicted octanol–water partition coefficient (Wildman–Crippen LogP) is 2.33. The molecule has 0 bridgehead atoms. The van der Waals surface area contributed by atoms with E-state index < -0.39 is 0 Å². The molecule has 0 spiro atoms. The smallest absolute Gasteiger partial charge is 0.123 e. The lowest BCUT2D eigenvalue weighted by atomic mass is 10.2. The SMILES string of the molecule is CC(C)N(C)Cc1cnc2n1CCN(Cc1ccoc1)C2. The highest BCUT2D eigenvalue weighted by atomic mass is 16.3. The number of hydrogen-bond acceptors (Lipinski definition) is 4. The Bertz CT molecular complexity index is 573. The second-order valence-electron chi connectivity index (χ2n) is 6.17. The Labute approximate surface area is 126 Å². The van der Waals surface area contributed by atoms with Gasteiger partial charge in [-0.15, -0.1) is 0 Å². The number of hydrogen-bond donors (Lipinski definition) is 0. The quantitative estimate of drug-likeness (QED) is 0.846. The third kappa shape index (κ3) is 3.19. The minimum absolute atomic E-state index is 0.553. The van der Waals surface area contributed by atoms with E-state index in [9.17, 15) is 0 Å². The summed E-state index contributed by atoms with van der Waals surface area (Å²) in [7, 11) is 2.17. The molecular weight excluding hydrogens is 264 g/mol. The first-order valence-electron chi connectivity index (χ1n) is 7.60. The van der Waals surface area contributed by atoms with Crippen molar-refractivity contribution in [1.29, 1.82) is 0 Å². The maximum absolute atomic E-state index is 5.14. The molecule has 3 heterocycles. The lowest BCUT2D eigenvalue weighted by Gasteiger charge is -2.29. The van der Waals surface area contributed by atoms with Crippen molar-refractivity contribution in [3.63, 3.8) is 0 Å². The maximum Gasteiger partial charge on any atom is 0.123 e. The van der Waals surface area contributed by atoms with E-state index in [2.05, 4.69) is 40.2 Å². The number of fused-ring (bicyclic) bond motifs is 1. The predicted molar refractivity (Wildman–Crippen MR) is 81.7 cm³/mol. The van der Waals surface area contributed by atoms with E-state index in [4.69, 9.17) is 4.42 Å². The molecule has 5 nitrogen and oxygen atoms in total. The van der Waals surface area contributed by atoms with Gasteiger partial charge in [-0.2, -0.15) is 0 Å². The summed E-state index contributed by atoms with van der Waals surface area (Å²) in [5, 5.41) is 0. The standard InChI is InChI=1S/C16H24N4O/c1-13(2)18(3)10-15-8-17-16-11-19(5-6-20(15)16)9-14-4-7-21-12-14/h4,7-8,12-13H,5-6,9-11H2,1-3H3. The molecule has 0 saturated heterocycles. The molecular formula is C16H24N4O. The number of imidazole rings is 1. The fourth-order valence-electron chi connectivity index (χ4n) is 2.71. The molecule has 0 aromatic carbocycles. The van der Waals surface area contributed by atoms with Crippen molar-refractivity contribution in [3.8, 4) is 0 Å². The van der Waals surface area contributed by atoms with Crippen LogP contribution < -0.4 is 0 Å². The molecule has 0 atom stereocenters. The third-order valence-electron chi connectivity index (χ3n) is 4.30. The van der Waals surface area contributed by atoms with Crippen LogP contribution in [0.4, 0.5) is 0 Å². The summed E-state index contributed by atoms with van der Waals surface area (Å²) in [5.74, 6) is 1.18. The Morgan fingerprint density at radius 1 is 1.38 bits per heavy atom. The van der Waals surface area contributed by atoms with Gasteiger partial charge in [0.1, 0.15) is 5.82 Å². The molecule has 2 aromatic rings. The van der Waals surface area contributed by atoms with Crippen molar-refractivity contribution < 1.29 is 4.42 Å². The average molecular weight is 288 g/mol. The van der Waals surface area contributed by atoms with Gasteiger partial charge in [-0.25, -0.2) is 4.98 Å². The first-order valence-corrected chi connectivity index (χ1v) is 7.60. The lowest BCUT2D eigenvalue weighted by Crippen LogP contribution is -2.35. The van der Waals surface area contributed by atoms with Crippen LogP contribution in [-0.2, 0) is 26.2 Å². The summed E-state index contributed by atoms with van der Waals surface area (Å²) in [5.41, 5.74) is 2.55. The van der Waals surface area contributed by atoms with Gasteiger partial charge in [0.25, 0.3) is 0 Å². The molecule has 0 radical (unpaired) electrons. The van der Waals surface area contributed by atoms with E-state index in [-0.39, 0.29) is 0 Å². The molecule has 0 aliphatic carbocycles. The lowest BCUT2D eigenvalue weighted by molar-refractivity contribution is 0.200. The van der Waals surface area contributed by atoms with Crippen molar-refractivity contribution in [2.45, 2.75) is 46.1 Å². The van der Waals surface area contributed by atoms with Crippen LogP contribution in [0.2, 0.25) is 0 Å². The number of rotatable bonds is 5. The van der Waals surface area contributed by atoms with Crippen molar-refractivity contribution >= 4 is 0 Å². The molecule has 114 valence electrons. The van der Waals surface area contributed by atoms with Gasteiger partial charge >= 0.3 is 0 Å². The molecule has 2 aromatic heterocycles. The molecule has 0 amide bonds. The Balaban J connectivity index is 1.66. The van der Waals surface area contributed by atoms with Gasteiger partial charge < -0.3 is 8.98 Å². The number of nitrogens with zero attached hydrogens (tertiary/aromatic N) is 4. The highest BCUT2D eigenvalue weighted by molar-refractivity contribution is 5.10. The Morgan fingerprint density at radius 3 is 2.95 bits per heavy atom. The highest BCUT2D eigenvalue weighted by Gasteiger charge is 2.20. The zero-order valence-corrected chi connectivity index (χ0v) is 13.1.